The van der Waals surface area contributed by atoms with Crippen molar-refractivity contribution in [2.24, 2.45) is 0 Å². The second-order valence-corrected chi connectivity index (χ2v) is 6.47. The zero-order valence-corrected chi connectivity index (χ0v) is 12.7. The van der Waals surface area contributed by atoms with Gasteiger partial charge in [-0.2, -0.15) is 0 Å². The third-order valence-electron chi connectivity index (χ3n) is 2.16. The molecule has 0 aliphatic rings. The van der Waals surface area contributed by atoms with Crippen LogP contribution in [0.3, 0.4) is 0 Å². The zero-order valence-electron chi connectivity index (χ0n) is 10.4. The van der Waals surface area contributed by atoms with Crippen molar-refractivity contribution in [1.82, 2.24) is 4.90 Å². The smallest absolute Gasteiger partial charge is 0.276 e. The number of carbonyl (C=O) groups is 2. The molecular formula is C12H13Cl3N2O2. The Morgan fingerprint density at radius 3 is 2.42 bits per heavy atom. The first-order valence-corrected chi connectivity index (χ1v) is 6.49. The molecule has 0 heterocycles. The number of amides is 1. The lowest BCUT2D eigenvalue weighted by Gasteiger charge is -2.12. The van der Waals surface area contributed by atoms with Crippen molar-refractivity contribution in [3.63, 3.8) is 0 Å². The van der Waals surface area contributed by atoms with E-state index >= 15 is 0 Å². The van der Waals surface area contributed by atoms with Gasteiger partial charge in [-0.05, 0) is 26.2 Å². The van der Waals surface area contributed by atoms with Crippen molar-refractivity contribution in [3.05, 3.63) is 29.8 Å². The molecule has 0 aromatic heterocycles. The van der Waals surface area contributed by atoms with Crippen LogP contribution in [0.4, 0.5) is 5.69 Å². The van der Waals surface area contributed by atoms with Crippen LogP contribution in [0.5, 0.6) is 0 Å². The molecule has 1 aromatic carbocycles. The van der Waals surface area contributed by atoms with Gasteiger partial charge in [0.15, 0.2) is 5.78 Å². The van der Waals surface area contributed by atoms with Gasteiger partial charge in [-0.1, -0.05) is 46.9 Å². The van der Waals surface area contributed by atoms with Crippen molar-refractivity contribution in [2.75, 3.05) is 26.0 Å². The van der Waals surface area contributed by atoms with Gasteiger partial charge in [0.2, 0.25) is 0 Å². The predicted molar refractivity (Wildman–Crippen MR) is 78.2 cm³/mol. The largest absolute Gasteiger partial charge is 0.322 e. The highest BCUT2D eigenvalue weighted by atomic mass is 35.6. The number of benzene rings is 1. The summed E-state index contributed by atoms with van der Waals surface area (Å²) in [5.74, 6) is -0.829. The van der Waals surface area contributed by atoms with Crippen LogP contribution in [-0.4, -0.2) is 41.0 Å². The average molecular weight is 324 g/mol. The molecule has 1 rings (SSSR count). The van der Waals surface area contributed by atoms with Crippen LogP contribution in [0.15, 0.2) is 24.3 Å². The van der Waals surface area contributed by atoms with Gasteiger partial charge in [0, 0.05) is 11.3 Å². The van der Waals surface area contributed by atoms with Crippen molar-refractivity contribution in [3.8, 4) is 0 Å². The van der Waals surface area contributed by atoms with Crippen molar-refractivity contribution < 1.29 is 9.59 Å². The normalized spacial score (nSPS) is 11.5. The van der Waals surface area contributed by atoms with Crippen LogP contribution in [0.1, 0.15) is 10.4 Å². The van der Waals surface area contributed by atoms with E-state index in [0.717, 1.165) is 0 Å². The third-order valence-corrected chi connectivity index (χ3v) is 2.67. The first kappa shape index (κ1) is 16.2. The van der Waals surface area contributed by atoms with Gasteiger partial charge in [-0.15, -0.1) is 0 Å². The first-order chi connectivity index (χ1) is 8.70. The highest BCUT2D eigenvalue weighted by molar-refractivity contribution is 6.76. The van der Waals surface area contributed by atoms with Crippen LogP contribution in [0.2, 0.25) is 0 Å². The fraction of sp³-hybridized carbons (Fsp3) is 0.333. The Morgan fingerprint density at radius 1 is 1.26 bits per heavy atom. The number of halogens is 3. The molecule has 0 spiro atoms. The SMILES string of the molecule is CN(C)CC(=O)c1cccc(NC(=O)C(Cl)(Cl)Cl)c1. The van der Waals surface area contributed by atoms with E-state index in [2.05, 4.69) is 5.32 Å². The molecule has 0 aliphatic carbocycles. The summed E-state index contributed by atoms with van der Waals surface area (Å²) in [5, 5.41) is 2.43. The molecule has 0 aliphatic heterocycles. The predicted octanol–water partition coefficient (Wildman–Crippen LogP) is 2.74. The summed E-state index contributed by atoms with van der Waals surface area (Å²) in [6, 6.07) is 6.47. The van der Waals surface area contributed by atoms with Crippen LogP contribution in [0, 0.1) is 0 Å². The average Bonchev–Trinajstić information content (AvgIpc) is 2.27. The molecule has 0 unspecified atom stereocenters. The lowest BCUT2D eigenvalue weighted by molar-refractivity contribution is -0.115. The van der Waals surface area contributed by atoms with Crippen molar-refractivity contribution in [1.29, 1.82) is 0 Å². The standard InChI is InChI=1S/C12H13Cl3N2O2/c1-17(2)7-10(18)8-4-3-5-9(6-8)16-11(19)12(13,14)15/h3-6H,7H2,1-2H3,(H,16,19). The Balaban J connectivity index is 2.83. The Morgan fingerprint density at radius 2 is 1.89 bits per heavy atom. The van der Waals surface area contributed by atoms with Gasteiger partial charge < -0.3 is 10.2 Å². The third kappa shape index (κ3) is 5.37. The fourth-order valence-corrected chi connectivity index (χ4v) is 1.49. The highest BCUT2D eigenvalue weighted by Crippen LogP contribution is 2.27. The van der Waals surface area contributed by atoms with Crippen molar-refractivity contribution >= 4 is 52.2 Å². The molecule has 19 heavy (non-hydrogen) atoms. The Labute approximate surface area is 126 Å². The molecule has 4 nitrogen and oxygen atoms in total. The van der Waals surface area contributed by atoms with E-state index in [1.807, 2.05) is 0 Å². The number of Topliss-reactive ketones (excluding diaryl/α,β-unsaturated/α-hetero) is 1. The molecule has 1 N–H and O–H groups in total. The summed E-state index contributed by atoms with van der Waals surface area (Å²) in [6.07, 6.45) is 0. The van der Waals surface area contributed by atoms with Crippen LogP contribution in [0.25, 0.3) is 0 Å². The quantitative estimate of drug-likeness (QED) is 0.684. The number of rotatable bonds is 4. The number of hydrogen-bond donors (Lipinski definition) is 1. The van der Waals surface area contributed by atoms with Gasteiger partial charge in [0.25, 0.3) is 9.70 Å². The molecule has 0 atom stereocenters. The maximum absolute atomic E-state index is 11.9. The summed E-state index contributed by atoms with van der Waals surface area (Å²) < 4.78 is -2.04. The van der Waals surface area contributed by atoms with E-state index in [1.54, 1.807) is 43.3 Å². The van der Waals surface area contributed by atoms with E-state index < -0.39 is 9.70 Å². The number of hydrogen-bond acceptors (Lipinski definition) is 3. The number of carbonyl (C=O) groups excluding carboxylic acids is 2. The van der Waals surface area contributed by atoms with E-state index in [9.17, 15) is 9.59 Å². The molecule has 7 heteroatoms. The maximum atomic E-state index is 11.9. The zero-order chi connectivity index (χ0) is 14.6. The molecule has 104 valence electrons. The van der Waals surface area contributed by atoms with Crippen LogP contribution in [-0.2, 0) is 4.79 Å². The topological polar surface area (TPSA) is 49.4 Å². The number of alkyl halides is 3. The van der Waals surface area contributed by atoms with Crippen LogP contribution >= 0.6 is 34.8 Å². The number of nitrogens with one attached hydrogen (secondary N) is 1. The lowest BCUT2D eigenvalue weighted by Crippen LogP contribution is -2.27. The van der Waals surface area contributed by atoms with Gasteiger partial charge >= 0.3 is 0 Å². The second-order valence-electron chi connectivity index (χ2n) is 4.19. The Bertz CT molecular complexity index is 484. The second kappa shape index (κ2) is 6.57. The summed E-state index contributed by atoms with van der Waals surface area (Å²) in [6.45, 7) is 0.280. The molecule has 0 saturated heterocycles. The number of ketones is 1. The summed E-state index contributed by atoms with van der Waals surface area (Å²) >= 11 is 16.3. The fourth-order valence-electron chi connectivity index (χ4n) is 1.35. The summed E-state index contributed by atoms with van der Waals surface area (Å²) in [7, 11) is 3.60. The maximum Gasteiger partial charge on any atom is 0.276 e. The number of likely N-dealkylation sites (N-methyl/N-ethyl adjacent to an activating group) is 1. The molecule has 0 saturated carbocycles. The number of anilines is 1. The molecule has 0 bridgehead atoms. The lowest BCUT2D eigenvalue weighted by atomic mass is 10.1. The molecule has 0 radical (unpaired) electrons. The summed E-state index contributed by atoms with van der Waals surface area (Å²) in [5.41, 5.74) is 0.886. The molecule has 1 aromatic rings. The van der Waals surface area contributed by atoms with Gasteiger partial charge in [0.05, 0.1) is 6.54 Å². The van der Waals surface area contributed by atoms with E-state index in [4.69, 9.17) is 34.8 Å². The highest BCUT2D eigenvalue weighted by Gasteiger charge is 2.30. The van der Waals surface area contributed by atoms with Gasteiger partial charge in [-0.3, -0.25) is 9.59 Å². The summed E-state index contributed by atoms with van der Waals surface area (Å²) in [4.78, 5) is 25.1. The Hall–Kier alpha value is -0.810. The van der Waals surface area contributed by atoms with Gasteiger partial charge in [0.1, 0.15) is 0 Å². The van der Waals surface area contributed by atoms with E-state index in [0.29, 0.717) is 11.3 Å². The minimum absolute atomic E-state index is 0.0602. The monoisotopic (exact) mass is 322 g/mol. The molecule has 0 fully saturated rings. The number of nitrogens with zero attached hydrogens (tertiary/aromatic N) is 1. The Kier molecular flexibility index (Phi) is 5.62. The minimum Gasteiger partial charge on any atom is -0.322 e. The van der Waals surface area contributed by atoms with E-state index in [1.165, 1.54) is 0 Å². The van der Waals surface area contributed by atoms with Gasteiger partial charge in [-0.25, -0.2) is 0 Å². The minimum atomic E-state index is -2.04. The van der Waals surface area contributed by atoms with E-state index in [-0.39, 0.29) is 12.3 Å². The van der Waals surface area contributed by atoms with Crippen LogP contribution < -0.4 is 5.32 Å². The molecular weight excluding hydrogens is 311 g/mol. The molecule has 1 amide bonds. The van der Waals surface area contributed by atoms with Crippen molar-refractivity contribution in [2.45, 2.75) is 3.79 Å². The first-order valence-electron chi connectivity index (χ1n) is 5.36.